The summed E-state index contributed by atoms with van der Waals surface area (Å²) in [5, 5.41) is 9.84. The molecule has 0 aromatic heterocycles. The summed E-state index contributed by atoms with van der Waals surface area (Å²) in [5.41, 5.74) is 3.43. The summed E-state index contributed by atoms with van der Waals surface area (Å²) in [6, 6.07) is 13.3. The Morgan fingerprint density at radius 2 is 1.80 bits per heavy atom. The van der Waals surface area contributed by atoms with Crippen molar-refractivity contribution in [1.29, 1.82) is 0 Å². The van der Waals surface area contributed by atoms with Crippen LogP contribution in [0.25, 0.3) is 0 Å². The lowest BCUT2D eigenvalue weighted by Gasteiger charge is -2.16. The highest BCUT2D eigenvalue weighted by Gasteiger charge is 2.30. The van der Waals surface area contributed by atoms with Gasteiger partial charge in [-0.2, -0.15) is 0 Å². The van der Waals surface area contributed by atoms with E-state index < -0.39 is 0 Å². The normalized spacial score (nSPS) is 13.9. The van der Waals surface area contributed by atoms with E-state index in [4.69, 9.17) is 0 Å². The summed E-state index contributed by atoms with van der Waals surface area (Å²) >= 11 is 0. The van der Waals surface area contributed by atoms with Crippen molar-refractivity contribution in [3.8, 4) is 5.75 Å². The summed E-state index contributed by atoms with van der Waals surface area (Å²) in [5.74, 6) is 0.406. The fourth-order valence-electron chi connectivity index (χ4n) is 2.59. The largest absolute Gasteiger partial charge is 0.507 e. The molecule has 2 aromatic carbocycles. The molecule has 0 unspecified atom stereocenters. The summed E-state index contributed by atoms with van der Waals surface area (Å²) in [6.07, 6.45) is 0. The van der Waals surface area contributed by atoms with Crippen LogP contribution in [0.2, 0.25) is 0 Å². The molecule has 3 rings (SSSR count). The van der Waals surface area contributed by atoms with E-state index in [-0.39, 0.29) is 11.7 Å². The topological polar surface area (TPSA) is 40.5 Å². The van der Waals surface area contributed by atoms with Crippen LogP contribution in [-0.4, -0.2) is 11.0 Å². The first-order valence-electron chi connectivity index (χ1n) is 6.80. The number of hydrogen-bond donors (Lipinski definition) is 1. The molecule has 0 fully saturated rings. The quantitative estimate of drug-likeness (QED) is 0.901. The number of benzene rings is 2. The molecule has 102 valence electrons. The van der Waals surface area contributed by atoms with Gasteiger partial charge in [0, 0.05) is 5.69 Å². The van der Waals surface area contributed by atoms with E-state index in [2.05, 4.69) is 26.0 Å². The number of fused-ring (bicyclic) bond motifs is 1. The first kappa shape index (κ1) is 12.7. The average molecular weight is 267 g/mol. The van der Waals surface area contributed by atoms with Gasteiger partial charge < -0.3 is 10.0 Å². The monoisotopic (exact) mass is 267 g/mol. The molecule has 20 heavy (non-hydrogen) atoms. The number of aromatic hydroxyl groups is 1. The van der Waals surface area contributed by atoms with E-state index in [1.165, 1.54) is 5.56 Å². The smallest absolute Gasteiger partial charge is 0.262 e. The highest BCUT2D eigenvalue weighted by molar-refractivity contribution is 6.11. The van der Waals surface area contributed by atoms with Crippen LogP contribution in [0.3, 0.4) is 0 Å². The lowest BCUT2D eigenvalue weighted by atomic mass is 10.0. The highest BCUT2D eigenvalue weighted by atomic mass is 16.3. The van der Waals surface area contributed by atoms with Gasteiger partial charge >= 0.3 is 0 Å². The van der Waals surface area contributed by atoms with Crippen LogP contribution >= 0.6 is 0 Å². The number of carbonyl (C=O) groups excluding carboxylic acids is 1. The Labute approximate surface area is 118 Å². The van der Waals surface area contributed by atoms with Gasteiger partial charge in [0.25, 0.3) is 5.91 Å². The molecule has 0 spiro atoms. The van der Waals surface area contributed by atoms with Gasteiger partial charge in [-0.3, -0.25) is 4.79 Å². The number of carbonyl (C=O) groups is 1. The van der Waals surface area contributed by atoms with Crippen molar-refractivity contribution in [1.82, 2.24) is 0 Å². The van der Waals surface area contributed by atoms with Gasteiger partial charge in [-0.05, 0) is 35.2 Å². The van der Waals surface area contributed by atoms with Crippen LogP contribution < -0.4 is 4.90 Å². The third kappa shape index (κ3) is 1.95. The lowest BCUT2D eigenvalue weighted by molar-refractivity contribution is 0.0994. The van der Waals surface area contributed by atoms with Gasteiger partial charge in [-0.1, -0.05) is 38.1 Å². The number of anilines is 1. The van der Waals surface area contributed by atoms with Gasteiger partial charge in [0.15, 0.2) is 0 Å². The third-order valence-corrected chi connectivity index (χ3v) is 3.79. The molecule has 3 heteroatoms. The number of hydrogen-bond acceptors (Lipinski definition) is 2. The van der Waals surface area contributed by atoms with Crippen LogP contribution in [0, 0.1) is 0 Å². The molecule has 3 nitrogen and oxygen atoms in total. The minimum Gasteiger partial charge on any atom is -0.507 e. The van der Waals surface area contributed by atoms with Gasteiger partial charge in [0.05, 0.1) is 12.1 Å². The molecule has 1 aliphatic heterocycles. The number of amides is 1. The van der Waals surface area contributed by atoms with E-state index in [0.717, 1.165) is 11.3 Å². The maximum Gasteiger partial charge on any atom is 0.262 e. The molecule has 0 saturated carbocycles. The zero-order chi connectivity index (χ0) is 14.3. The fourth-order valence-corrected chi connectivity index (χ4v) is 2.59. The van der Waals surface area contributed by atoms with Crippen LogP contribution in [0.5, 0.6) is 5.75 Å². The second-order valence-electron chi connectivity index (χ2n) is 5.45. The van der Waals surface area contributed by atoms with Gasteiger partial charge in [-0.25, -0.2) is 0 Å². The second-order valence-corrected chi connectivity index (χ2v) is 5.45. The Morgan fingerprint density at radius 1 is 1.10 bits per heavy atom. The van der Waals surface area contributed by atoms with Crippen LogP contribution in [-0.2, 0) is 6.54 Å². The molecular weight excluding hydrogens is 250 g/mol. The van der Waals surface area contributed by atoms with E-state index >= 15 is 0 Å². The summed E-state index contributed by atoms with van der Waals surface area (Å²) in [7, 11) is 0. The third-order valence-electron chi connectivity index (χ3n) is 3.79. The van der Waals surface area contributed by atoms with Crippen LogP contribution in [0.1, 0.15) is 41.3 Å². The molecule has 2 aromatic rings. The standard InChI is InChI=1S/C17H17NO2/c1-11(2)12-6-8-14(9-7-12)18-10-13-4-3-5-15(19)16(13)17(18)20/h3-9,11,19H,10H2,1-2H3. The van der Waals surface area contributed by atoms with Crippen molar-refractivity contribution in [2.24, 2.45) is 0 Å². The molecule has 0 aliphatic carbocycles. The predicted molar refractivity (Wildman–Crippen MR) is 79.2 cm³/mol. The second kappa shape index (κ2) is 4.67. The van der Waals surface area contributed by atoms with Gasteiger partial charge in [0.1, 0.15) is 5.75 Å². The first-order chi connectivity index (χ1) is 9.58. The molecule has 0 radical (unpaired) electrons. The van der Waals surface area contributed by atoms with Crippen molar-refractivity contribution < 1.29 is 9.90 Å². The minimum atomic E-state index is -0.129. The molecule has 1 amide bonds. The molecular formula is C17H17NO2. The predicted octanol–water partition coefficient (Wildman–Crippen LogP) is 3.68. The van der Waals surface area contributed by atoms with Crippen molar-refractivity contribution in [3.05, 3.63) is 59.2 Å². The van der Waals surface area contributed by atoms with E-state index in [0.29, 0.717) is 18.0 Å². The SMILES string of the molecule is CC(C)c1ccc(N2Cc3cccc(O)c3C2=O)cc1. The number of phenolic OH excluding ortho intramolecular Hbond substituents is 1. The van der Waals surface area contributed by atoms with Crippen molar-refractivity contribution >= 4 is 11.6 Å². The molecule has 0 saturated heterocycles. The van der Waals surface area contributed by atoms with Crippen LogP contribution in [0.4, 0.5) is 5.69 Å². The number of phenols is 1. The zero-order valence-electron chi connectivity index (χ0n) is 11.6. The molecule has 1 aliphatic rings. The molecule has 1 heterocycles. The highest BCUT2D eigenvalue weighted by Crippen LogP contribution is 2.33. The van der Waals surface area contributed by atoms with Gasteiger partial charge in [0.2, 0.25) is 0 Å². The van der Waals surface area contributed by atoms with Crippen molar-refractivity contribution in [2.45, 2.75) is 26.3 Å². The van der Waals surface area contributed by atoms with E-state index in [1.54, 1.807) is 17.0 Å². The lowest BCUT2D eigenvalue weighted by Crippen LogP contribution is -2.22. The fraction of sp³-hybridized carbons (Fsp3) is 0.235. The van der Waals surface area contributed by atoms with Gasteiger partial charge in [-0.15, -0.1) is 0 Å². The molecule has 1 N–H and O–H groups in total. The average Bonchev–Trinajstić information content (AvgIpc) is 2.77. The Morgan fingerprint density at radius 3 is 2.40 bits per heavy atom. The summed E-state index contributed by atoms with van der Waals surface area (Å²) < 4.78 is 0. The summed E-state index contributed by atoms with van der Waals surface area (Å²) in [4.78, 5) is 14.1. The number of nitrogens with zero attached hydrogens (tertiary/aromatic N) is 1. The van der Waals surface area contributed by atoms with Crippen molar-refractivity contribution in [2.75, 3.05) is 4.90 Å². The van der Waals surface area contributed by atoms with E-state index in [1.807, 2.05) is 18.2 Å². The molecule has 0 atom stereocenters. The maximum absolute atomic E-state index is 12.4. The first-order valence-corrected chi connectivity index (χ1v) is 6.80. The van der Waals surface area contributed by atoms with E-state index in [9.17, 15) is 9.90 Å². The Hall–Kier alpha value is -2.29. The molecule has 0 bridgehead atoms. The summed E-state index contributed by atoms with van der Waals surface area (Å²) in [6.45, 7) is 4.80. The Kier molecular flexibility index (Phi) is 2.97. The Balaban J connectivity index is 1.94. The zero-order valence-corrected chi connectivity index (χ0v) is 11.6. The van der Waals surface area contributed by atoms with Crippen molar-refractivity contribution in [3.63, 3.8) is 0 Å². The maximum atomic E-state index is 12.4. The number of rotatable bonds is 2. The Bertz CT molecular complexity index is 659. The van der Waals surface area contributed by atoms with Crippen LogP contribution in [0.15, 0.2) is 42.5 Å². The minimum absolute atomic E-state index is 0.0637.